The number of carbonyl (C=O) groups excluding carboxylic acids is 1. The summed E-state index contributed by atoms with van der Waals surface area (Å²) in [6.45, 7) is 3.68. The summed E-state index contributed by atoms with van der Waals surface area (Å²) < 4.78 is 0. The molecule has 0 aromatic carbocycles. The summed E-state index contributed by atoms with van der Waals surface area (Å²) in [6, 6.07) is 8.06. The van der Waals surface area contributed by atoms with Crippen LogP contribution in [-0.2, 0) is 11.2 Å². The highest BCUT2D eigenvalue weighted by molar-refractivity contribution is 5.75. The molecule has 19 heavy (non-hydrogen) atoms. The summed E-state index contributed by atoms with van der Waals surface area (Å²) in [4.78, 5) is 19.6. The van der Waals surface area contributed by atoms with E-state index in [1.165, 1.54) is 11.1 Å². The van der Waals surface area contributed by atoms with E-state index in [4.69, 9.17) is 0 Å². The van der Waals surface area contributed by atoms with Crippen LogP contribution in [0.2, 0.25) is 0 Å². The molecule has 0 aliphatic carbocycles. The van der Waals surface area contributed by atoms with Crippen molar-refractivity contribution in [2.45, 2.75) is 33.1 Å². The van der Waals surface area contributed by atoms with Crippen LogP contribution in [0.25, 0.3) is 11.4 Å². The number of hydrogen-bond donors (Lipinski definition) is 0. The first-order valence-corrected chi connectivity index (χ1v) is 6.52. The van der Waals surface area contributed by atoms with Gasteiger partial charge in [-0.15, -0.1) is 0 Å². The molecule has 0 saturated carbocycles. The lowest BCUT2D eigenvalue weighted by molar-refractivity contribution is -0.117. The predicted octanol–water partition coefficient (Wildman–Crippen LogP) is 3.36. The van der Waals surface area contributed by atoms with Crippen molar-refractivity contribution in [3.8, 4) is 11.4 Å². The molecular weight excluding hydrogens is 236 g/mol. The molecule has 3 heteroatoms. The molecule has 2 aromatic rings. The van der Waals surface area contributed by atoms with Crippen LogP contribution in [-0.4, -0.2) is 15.8 Å². The highest BCUT2D eigenvalue weighted by atomic mass is 16.1. The fourth-order valence-electron chi connectivity index (χ4n) is 1.99. The number of hydrogen-bond acceptors (Lipinski definition) is 3. The third kappa shape index (κ3) is 3.98. The highest BCUT2D eigenvalue weighted by Crippen LogP contribution is 2.17. The summed E-state index contributed by atoms with van der Waals surface area (Å²) in [7, 11) is 0. The maximum atomic E-state index is 10.9. The van der Waals surface area contributed by atoms with Gasteiger partial charge in [-0.25, -0.2) is 0 Å². The van der Waals surface area contributed by atoms with E-state index in [2.05, 4.69) is 16.0 Å². The molecule has 0 bridgehead atoms. The van der Waals surface area contributed by atoms with Crippen LogP contribution in [0, 0.1) is 6.92 Å². The average molecular weight is 254 g/mol. The van der Waals surface area contributed by atoms with Gasteiger partial charge in [0.2, 0.25) is 0 Å². The predicted molar refractivity (Wildman–Crippen MR) is 75.8 cm³/mol. The lowest BCUT2D eigenvalue weighted by Gasteiger charge is -2.04. The summed E-state index contributed by atoms with van der Waals surface area (Å²) in [6.07, 6.45) is 6.04. The van der Waals surface area contributed by atoms with Crippen molar-refractivity contribution in [1.82, 2.24) is 9.97 Å². The van der Waals surface area contributed by atoms with Crippen molar-refractivity contribution >= 4 is 5.78 Å². The lowest BCUT2D eigenvalue weighted by atomic mass is 10.1. The largest absolute Gasteiger partial charge is 0.300 e. The fraction of sp³-hybridized carbons (Fsp3) is 0.312. The molecule has 0 radical (unpaired) electrons. The van der Waals surface area contributed by atoms with Crippen LogP contribution < -0.4 is 0 Å². The Labute approximate surface area is 113 Å². The third-order valence-electron chi connectivity index (χ3n) is 3.00. The van der Waals surface area contributed by atoms with Crippen LogP contribution in [0.15, 0.2) is 36.7 Å². The summed E-state index contributed by atoms with van der Waals surface area (Å²) in [5, 5.41) is 0. The second kappa shape index (κ2) is 6.23. The molecule has 0 atom stereocenters. The van der Waals surface area contributed by atoms with Crippen LogP contribution in [0.1, 0.15) is 30.9 Å². The van der Waals surface area contributed by atoms with E-state index in [1.807, 2.05) is 31.3 Å². The van der Waals surface area contributed by atoms with E-state index < -0.39 is 0 Å². The number of aryl methyl sites for hydroxylation is 2. The van der Waals surface area contributed by atoms with Gasteiger partial charge in [0, 0.05) is 18.8 Å². The molecule has 0 N–H and O–H groups in total. The Balaban J connectivity index is 2.13. The van der Waals surface area contributed by atoms with Gasteiger partial charge in [0.15, 0.2) is 0 Å². The summed E-state index contributed by atoms with van der Waals surface area (Å²) in [5.41, 5.74) is 4.17. The Hall–Kier alpha value is -2.03. The van der Waals surface area contributed by atoms with Crippen molar-refractivity contribution in [3.05, 3.63) is 47.8 Å². The van der Waals surface area contributed by atoms with Crippen molar-refractivity contribution < 1.29 is 4.79 Å². The highest BCUT2D eigenvalue weighted by Gasteiger charge is 2.03. The van der Waals surface area contributed by atoms with Gasteiger partial charge in [-0.2, -0.15) is 0 Å². The lowest BCUT2D eigenvalue weighted by Crippen LogP contribution is -1.94. The maximum absolute atomic E-state index is 10.9. The molecule has 0 aliphatic heterocycles. The Morgan fingerprint density at radius 2 is 1.79 bits per heavy atom. The Kier molecular flexibility index (Phi) is 4.39. The second-order valence-electron chi connectivity index (χ2n) is 4.82. The van der Waals surface area contributed by atoms with Crippen molar-refractivity contribution in [2.24, 2.45) is 0 Å². The van der Waals surface area contributed by atoms with Gasteiger partial charge in [-0.3, -0.25) is 9.97 Å². The Morgan fingerprint density at radius 3 is 2.47 bits per heavy atom. The van der Waals surface area contributed by atoms with Crippen LogP contribution in [0.3, 0.4) is 0 Å². The Bertz CT molecular complexity index is 578. The number of Topliss-reactive ketones (excluding diaryl/α,β-unsaturated/α-hetero) is 1. The van der Waals surface area contributed by atoms with Crippen LogP contribution in [0.5, 0.6) is 0 Å². The minimum absolute atomic E-state index is 0.245. The van der Waals surface area contributed by atoms with E-state index in [9.17, 15) is 4.79 Å². The van der Waals surface area contributed by atoms with Crippen LogP contribution >= 0.6 is 0 Å². The number of rotatable bonds is 5. The topological polar surface area (TPSA) is 42.9 Å². The second-order valence-corrected chi connectivity index (χ2v) is 4.82. The van der Waals surface area contributed by atoms with E-state index in [-0.39, 0.29) is 5.78 Å². The third-order valence-corrected chi connectivity index (χ3v) is 3.00. The molecule has 2 aromatic heterocycles. The minimum atomic E-state index is 0.245. The van der Waals surface area contributed by atoms with E-state index in [1.54, 1.807) is 13.1 Å². The number of ketones is 1. The molecular formula is C16H18N2O. The van der Waals surface area contributed by atoms with E-state index in [0.29, 0.717) is 6.42 Å². The molecule has 0 aliphatic rings. The van der Waals surface area contributed by atoms with Crippen LogP contribution in [0.4, 0.5) is 0 Å². The molecule has 3 nitrogen and oxygen atoms in total. The summed E-state index contributed by atoms with van der Waals surface area (Å²) >= 11 is 0. The van der Waals surface area contributed by atoms with Crippen molar-refractivity contribution in [2.75, 3.05) is 0 Å². The first-order valence-electron chi connectivity index (χ1n) is 6.52. The van der Waals surface area contributed by atoms with E-state index in [0.717, 1.165) is 24.2 Å². The van der Waals surface area contributed by atoms with E-state index >= 15 is 0 Å². The monoisotopic (exact) mass is 254 g/mol. The fourth-order valence-corrected chi connectivity index (χ4v) is 1.99. The van der Waals surface area contributed by atoms with Crippen molar-refractivity contribution in [1.29, 1.82) is 0 Å². The van der Waals surface area contributed by atoms with Gasteiger partial charge < -0.3 is 4.79 Å². The normalized spacial score (nSPS) is 10.4. The smallest absolute Gasteiger partial charge is 0.129 e. The van der Waals surface area contributed by atoms with Gasteiger partial charge in [0.1, 0.15) is 5.78 Å². The number of pyridine rings is 2. The first kappa shape index (κ1) is 13.4. The quantitative estimate of drug-likeness (QED) is 0.821. The Morgan fingerprint density at radius 1 is 1.11 bits per heavy atom. The molecule has 0 saturated heterocycles. The number of nitrogens with zero attached hydrogens (tertiary/aromatic N) is 2. The molecule has 0 unspecified atom stereocenters. The molecule has 0 amide bonds. The van der Waals surface area contributed by atoms with Gasteiger partial charge in [0.05, 0.1) is 11.4 Å². The van der Waals surface area contributed by atoms with Gasteiger partial charge >= 0.3 is 0 Å². The molecule has 98 valence electrons. The molecule has 0 fully saturated rings. The average Bonchev–Trinajstić information content (AvgIpc) is 2.39. The number of carbonyl (C=O) groups is 1. The molecule has 2 heterocycles. The zero-order valence-corrected chi connectivity index (χ0v) is 11.4. The zero-order chi connectivity index (χ0) is 13.7. The van der Waals surface area contributed by atoms with Gasteiger partial charge in [0.25, 0.3) is 0 Å². The first-order chi connectivity index (χ1) is 9.15. The van der Waals surface area contributed by atoms with Gasteiger partial charge in [-0.1, -0.05) is 0 Å². The number of aromatic nitrogens is 2. The SMILES string of the molecule is CC(=O)CCCc1ccnc(-c2cc(C)ccn2)c1. The van der Waals surface area contributed by atoms with Gasteiger partial charge in [-0.05, 0) is 62.1 Å². The van der Waals surface area contributed by atoms with Crippen molar-refractivity contribution in [3.63, 3.8) is 0 Å². The minimum Gasteiger partial charge on any atom is -0.300 e. The molecule has 0 spiro atoms. The molecule has 2 rings (SSSR count). The summed E-state index contributed by atoms with van der Waals surface area (Å²) in [5.74, 6) is 0.245. The zero-order valence-electron chi connectivity index (χ0n) is 11.4. The standard InChI is InChI=1S/C16H18N2O/c1-12-6-8-17-15(10-12)16-11-14(7-9-18-16)5-3-4-13(2)19/h6-11H,3-5H2,1-2H3. The maximum Gasteiger partial charge on any atom is 0.129 e.